The second-order valence-electron chi connectivity index (χ2n) is 4.40. The van der Waals surface area contributed by atoms with Crippen molar-refractivity contribution in [2.24, 2.45) is 0 Å². The second-order valence-corrected chi connectivity index (χ2v) is 4.40. The molecule has 0 bridgehead atoms. The van der Waals surface area contributed by atoms with Crippen molar-refractivity contribution in [1.82, 2.24) is 0 Å². The van der Waals surface area contributed by atoms with Crippen LogP contribution in [0.25, 0.3) is 0 Å². The molecule has 0 spiro atoms. The van der Waals surface area contributed by atoms with E-state index in [9.17, 15) is 18.3 Å². The van der Waals surface area contributed by atoms with E-state index in [1.165, 1.54) is 0 Å². The first kappa shape index (κ1) is 14.9. The minimum atomic E-state index is -4.40. The molecule has 20 heavy (non-hydrogen) atoms. The number of rotatable bonds is 4. The summed E-state index contributed by atoms with van der Waals surface area (Å²) < 4.78 is 51.1. The highest BCUT2D eigenvalue weighted by molar-refractivity contribution is 5.44. The molecule has 2 rings (SSSR count). The maximum Gasteiger partial charge on any atom is 0.411 e. The largest absolute Gasteiger partial charge is 0.490 e. The van der Waals surface area contributed by atoms with E-state index in [4.69, 9.17) is 9.47 Å². The molecule has 1 aliphatic rings. The average molecular weight is 292 g/mol. The van der Waals surface area contributed by atoms with Gasteiger partial charge in [-0.2, -0.15) is 13.2 Å². The molecule has 112 valence electrons. The quantitative estimate of drug-likeness (QED) is 0.926. The number of alkyl halides is 3. The number of fused-ring (bicyclic) bond motifs is 1. The summed E-state index contributed by atoms with van der Waals surface area (Å²) in [5.74, 6) is 1.05. The molecule has 0 radical (unpaired) electrons. The summed E-state index contributed by atoms with van der Waals surface area (Å²) in [6.45, 7) is -0.769. The van der Waals surface area contributed by atoms with Crippen molar-refractivity contribution in [2.45, 2.75) is 18.7 Å². The Kier molecular flexibility index (Phi) is 4.72. The fourth-order valence-corrected chi connectivity index (χ4v) is 1.77. The lowest BCUT2D eigenvalue weighted by molar-refractivity contribution is -0.179. The van der Waals surface area contributed by atoms with Crippen LogP contribution in [0.3, 0.4) is 0 Å². The van der Waals surface area contributed by atoms with Crippen LogP contribution in [-0.4, -0.2) is 37.7 Å². The van der Waals surface area contributed by atoms with E-state index in [1.807, 2.05) is 0 Å². The van der Waals surface area contributed by atoms with Crippen LogP contribution in [0, 0.1) is 0 Å². The third kappa shape index (κ3) is 4.28. The number of hydrogen-bond acceptors (Lipinski definition) is 4. The molecule has 0 saturated heterocycles. The standard InChI is InChI=1S/C13H15F3O4/c14-13(15,16)8-18-7-10(17)9-2-3-11-12(6-9)20-5-1-4-19-11/h2-3,6,10,17H,1,4-5,7-8H2. The maximum absolute atomic E-state index is 11.9. The van der Waals surface area contributed by atoms with Gasteiger partial charge in [-0.25, -0.2) is 0 Å². The molecule has 1 aliphatic heterocycles. The topological polar surface area (TPSA) is 47.9 Å². The van der Waals surface area contributed by atoms with Crippen molar-refractivity contribution in [2.75, 3.05) is 26.4 Å². The summed E-state index contributed by atoms with van der Waals surface area (Å²) in [5.41, 5.74) is 0.427. The highest BCUT2D eigenvalue weighted by Gasteiger charge is 2.28. The Labute approximate surface area is 114 Å². The molecule has 1 N–H and O–H groups in total. The smallest absolute Gasteiger partial charge is 0.411 e. The lowest BCUT2D eigenvalue weighted by Gasteiger charge is -2.15. The Morgan fingerprint density at radius 2 is 1.90 bits per heavy atom. The first-order valence-electron chi connectivity index (χ1n) is 6.18. The number of halogens is 3. The summed E-state index contributed by atoms with van der Waals surface area (Å²) in [6.07, 6.45) is -4.79. The summed E-state index contributed by atoms with van der Waals surface area (Å²) >= 11 is 0. The lowest BCUT2D eigenvalue weighted by Crippen LogP contribution is -2.19. The Bertz CT molecular complexity index is 448. The molecule has 0 amide bonds. The van der Waals surface area contributed by atoms with Crippen LogP contribution >= 0.6 is 0 Å². The van der Waals surface area contributed by atoms with E-state index in [2.05, 4.69) is 4.74 Å². The monoisotopic (exact) mass is 292 g/mol. The fourth-order valence-electron chi connectivity index (χ4n) is 1.77. The molecule has 1 unspecified atom stereocenters. The first-order valence-corrected chi connectivity index (χ1v) is 6.18. The van der Waals surface area contributed by atoms with Crippen LogP contribution in [0.2, 0.25) is 0 Å². The molecule has 1 aromatic carbocycles. The van der Waals surface area contributed by atoms with Gasteiger partial charge in [-0.3, -0.25) is 0 Å². The van der Waals surface area contributed by atoms with Crippen molar-refractivity contribution in [3.63, 3.8) is 0 Å². The van der Waals surface area contributed by atoms with Gasteiger partial charge in [0, 0.05) is 6.42 Å². The average Bonchev–Trinajstić information content (AvgIpc) is 2.61. The van der Waals surface area contributed by atoms with Crippen LogP contribution in [0.1, 0.15) is 18.1 Å². The van der Waals surface area contributed by atoms with E-state index in [1.54, 1.807) is 18.2 Å². The third-order valence-electron chi connectivity index (χ3n) is 2.70. The molecular weight excluding hydrogens is 277 g/mol. The van der Waals surface area contributed by atoms with E-state index in [0.717, 1.165) is 6.42 Å². The Morgan fingerprint density at radius 3 is 2.60 bits per heavy atom. The predicted molar refractivity (Wildman–Crippen MR) is 63.9 cm³/mol. The number of hydrogen-bond donors (Lipinski definition) is 1. The van der Waals surface area contributed by atoms with Gasteiger partial charge in [0.2, 0.25) is 0 Å². The van der Waals surface area contributed by atoms with Crippen molar-refractivity contribution < 1.29 is 32.5 Å². The number of aliphatic hydroxyl groups is 1. The highest BCUT2D eigenvalue weighted by atomic mass is 19.4. The van der Waals surface area contributed by atoms with Crippen LogP contribution in [-0.2, 0) is 4.74 Å². The number of ether oxygens (including phenoxy) is 3. The summed E-state index contributed by atoms with van der Waals surface area (Å²) in [7, 11) is 0. The summed E-state index contributed by atoms with van der Waals surface area (Å²) in [6, 6.07) is 4.76. The number of aliphatic hydroxyl groups excluding tert-OH is 1. The molecule has 0 aliphatic carbocycles. The van der Waals surface area contributed by atoms with Gasteiger partial charge in [0.25, 0.3) is 0 Å². The van der Waals surface area contributed by atoms with Crippen LogP contribution in [0.4, 0.5) is 13.2 Å². The van der Waals surface area contributed by atoms with E-state index >= 15 is 0 Å². The van der Waals surface area contributed by atoms with Crippen molar-refractivity contribution in [1.29, 1.82) is 0 Å². The summed E-state index contributed by atoms with van der Waals surface area (Å²) in [5, 5.41) is 9.80. The van der Waals surface area contributed by atoms with Gasteiger partial charge < -0.3 is 19.3 Å². The fraction of sp³-hybridized carbons (Fsp3) is 0.538. The van der Waals surface area contributed by atoms with E-state index in [0.29, 0.717) is 30.3 Å². The van der Waals surface area contributed by atoms with Gasteiger partial charge in [0.1, 0.15) is 12.7 Å². The van der Waals surface area contributed by atoms with Gasteiger partial charge >= 0.3 is 6.18 Å². The van der Waals surface area contributed by atoms with Gasteiger partial charge in [0.15, 0.2) is 11.5 Å². The van der Waals surface area contributed by atoms with Gasteiger partial charge in [-0.1, -0.05) is 6.07 Å². The van der Waals surface area contributed by atoms with Crippen LogP contribution in [0.5, 0.6) is 11.5 Å². The van der Waals surface area contributed by atoms with Gasteiger partial charge in [-0.15, -0.1) is 0 Å². The summed E-state index contributed by atoms with van der Waals surface area (Å²) in [4.78, 5) is 0. The zero-order valence-corrected chi connectivity index (χ0v) is 10.7. The van der Waals surface area contributed by atoms with Crippen LogP contribution in [0.15, 0.2) is 18.2 Å². The molecular formula is C13H15F3O4. The van der Waals surface area contributed by atoms with E-state index < -0.39 is 25.5 Å². The number of benzene rings is 1. The van der Waals surface area contributed by atoms with Crippen molar-refractivity contribution in [3.8, 4) is 11.5 Å². The molecule has 1 aromatic rings. The van der Waals surface area contributed by atoms with Crippen molar-refractivity contribution >= 4 is 0 Å². The minimum absolute atomic E-state index is 0.427. The normalized spacial score (nSPS) is 16.6. The van der Waals surface area contributed by atoms with E-state index in [-0.39, 0.29) is 0 Å². The first-order chi connectivity index (χ1) is 9.46. The SMILES string of the molecule is OC(COCC(F)(F)F)c1ccc2c(c1)OCCCO2. The molecule has 1 heterocycles. The van der Waals surface area contributed by atoms with Gasteiger partial charge in [0.05, 0.1) is 19.8 Å². The highest BCUT2D eigenvalue weighted by Crippen LogP contribution is 2.32. The predicted octanol–water partition coefficient (Wildman–Crippen LogP) is 2.46. The minimum Gasteiger partial charge on any atom is -0.490 e. The molecule has 7 heteroatoms. The maximum atomic E-state index is 11.9. The Morgan fingerprint density at radius 1 is 1.20 bits per heavy atom. The molecule has 1 atom stereocenters. The van der Waals surface area contributed by atoms with Crippen molar-refractivity contribution in [3.05, 3.63) is 23.8 Å². The van der Waals surface area contributed by atoms with Gasteiger partial charge in [-0.05, 0) is 17.7 Å². The Hall–Kier alpha value is -1.47. The molecule has 0 aromatic heterocycles. The zero-order valence-electron chi connectivity index (χ0n) is 10.7. The Balaban J connectivity index is 1.96. The zero-order chi connectivity index (χ0) is 14.6. The molecule has 4 nitrogen and oxygen atoms in total. The third-order valence-corrected chi connectivity index (χ3v) is 2.70. The second kappa shape index (κ2) is 6.32. The molecule has 0 saturated carbocycles. The van der Waals surface area contributed by atoms with Crippen LogP contribution < -0.4 is 9.47 Å². The lowest BCUT2D eigenvalue weighted by atomic mass is 10.1. The molecule has 0 fully saturated rings.